The Morgan fingerprint density at radius 3 is 3.07 bits per heavy atom. The molecule has 76 valence electrons. The van der Waals surface area contributed by atoms with Gasteiger partial charge in [0.15, 0.2) is 0 Å². The molecule has 0 aliphatic rings. The third-order valence-electron chi connectivity index (χ3n) is 1.99. The number of hydrogen-bond donors (Lipinski definition) is 2. The minimum absolute atomic E-state index is 0.229. The number of nitrogens with two attached hydrogens (primary N) is 1. The van der Waals surface area contributed by atoms with Crippen molar-refractivity contribution in [3.05, 3.63) is 16.1 Å². The normalized spacial score (nSPS) is 12.4. The quantitative estimate of drug-likeness (QED) is 0.436. The van der Waals surface area contributed by atoms with Crippen molar-refractivity contribution in [1.29, 1.82) is 0 Å². The maximum absolute atomic E-state index is 5.43. The van der Waals surface area contributed by atoms with Crippen LogP contribution in [0, 0.1) is 19.3 Å². The molecule has 1 aromatic heterocycles. The van der Waals surface area contributed by atoms with Crippen molar-refractivity contribution in [2.24, 2.45) is 5.84 Å². The second kappa shape index (κ2) is 5.76. The van der Waals surface area contributed by atoms with E-state index in [0.29, 0.717) is 0 Å². The van der Waals surface area contributed by atoms with Gasteiger partial charge in [-0.3, -0.25) is 11.3 Å². The number of terminal acetylenes is 1. The smallest absolute Gasteiger partial charge is 0.0897 e. The van der Waals surface area contributed by atoms with Crippen LogP contribution in [0.5, 0.6) is 0 Å². The van der Waals surface area contributed by atoms with Gasteiger partial charge >= 0.3 is 0 Å². The van der Waals surface area contributed by atoms with Gasteiger partial charge in [0, 0.05) is 24.3 Å². The molecule has 0 saturated carbocycles. The van der Waals surface area contributed by atoms with E-state index < -0.39 is 0 Å². The van der Waals surface area contributed by atoms with Crippen molar-refractivity contribution in [1.82, 2.24) is 10.4 Å². The van der Waals surface area contributed by atoms with Crippen LogP contribution < -0.4 is 11.3 Å². The van der Waals surface area contributed by atoms with E-state index in [1.807, 2.05) is 6.92 Å². The molecule has 1 aromatic rings. The lowest BCUT2D eigenvalue weighted by Crippen LogP contribution is -2.36. The molecule has 1 unspecified atom stereocenters. The number of hydrazine groups is 1. The second-order valence-electron chi connectivity index (χ2n) is 3.17. The highest BCUT2D eigenvalue weighted by Crippen LogP contribution is 2.11. The minimum Gasteiger partial charge on any atom is -0.271 e. The zero-order valence-electron chi connectivity index (χ0n) is 8.29. The number of thiazole rings is 1. The zero-order chi connectivity index (χ0) is 10.4. The first-order valence-corrected chi connectivity index (χ1v) is 5.44. The van der Waals surface area contributed by atoms with E-state index in [0.717, 1.165) is 30.0 Å². The van der Waals surface area contributed by atoms with Gasteiger partial charge in [-0.15, -0.1) is 23.7 Å². The summed E-state index contributed by atoms with van der Waals surface area (Å²) in [5.41, 5.74) is 3.85. The first kappa shape index (κ1) is 11.2. The molecule has 0 amide bonds. The molecule has 1 rings (SSSR count). The molecular weight excluding hydrogens is 194 g/mol. The number of hydrogen-bond acceptors (Lipinski definition) is 4. The summed E-state index contributed by atoms with van der Waals surface area (Å²) in [5.74, 6) is 8.04. The predicted molar refractivity (Wildman–Crippen MR) is 59.7 cm³/mol. The standard InChI is InChI=1S/C10H15N3S/c1-3-4-5-9(13-11)6-10-7-14-8(2)12-10/h1,7,9,13H,4-6,11H2,2H3. The first-order valence-electron chi connectivity index (χ1n) is 4.57. The van der Waals surface area contributed by atoms with E-state index >= 15 is 0 Å². The van der Waals surface area contributed by atoms with Gasteiger partial charge in [0.1, 0.15) is 0 Å². The van der Waals surface area contributed by atoms with Crippen molar-refractivity contribution in [3.8, 4) is 12.3 Å². The van der Waals surface area contributed by atoms with E-state index in [9.17, 15) is 0 Å². The summed E-state index contributed by atoms with van der Waals surface area (Å²) < 4.78 is 0. The molecule has 0 aliphatic heterocycles. The summed E-state index contributed by atoms with van der Waals surface area (Å²) in [6, 6.07) is 0.229. The Bertz CT molecular complexity index is 313. The van der Waals surface area contributed by atoms with Crippen LogP contribution in [0.4, 0.5) is 0 Å². The Balaban J connectivity index is 2.44. The number of aromatic nitrogens is 1. The molecule has 0 aliphatic carbocycles. The van der Waals surface area contributed by atoms with Crippen LogP contribution in [0.2, 0.25) is 0 Å². The fourth-order valence-electron chi connectivity index (χ4n) is 1.26. The molecule has 0 saturated heterocycles. The largest absolute Gasteiger partial charge is 0.271 e. The number of nitrogens with one attached hydrogen (secondary N) is 1. The Hall–Kier alpha value is -0.890. The van der Waals surface area contributed by atoms with E-state index in [4.69, 9.17) is 12.3 Å². The van der Waals surface area contributed by atoms with Gasteiger partial charge in [0.2, 0.25) is 0 Å². The van der Waals surface area contributed by atoms with E-state index in [2.05, 4.69) is 21.7 Å². The summed E-state index contributed by atoms with van der Waals surface area (Å²) >= 11 is 1.66. The Morgan fingerprint density at radius 2 is 2.57 bits per heavy atom. The van der Waals surface area contributed by atoms with Crippen LogP contribution in [0.25, 0.3) is 0 Å². The SMILES string of the molecule is C#CCCC(Cc1csc(C)n1)NN. The van der Waals surface area contributed by atoms with Gasteiger partial charge in [-0.2, -0.15) is 0 Å². The highest BCUT2D eigenvalue weighted by Gasteiger charge is 2.08. The Labute approximate surface area is 88.7 Å². The molecule has 3 N–H and O–H groups in total. The van der Waals surface area contributed by atoms with Gasteiger partial charge < -0.3 is 0 Å². The summed E-state index contributed by atoms with van der Waals surface area (Å²) in [7, 11) is 0. The van der Waals surface area contributed by atoms with Gasteiger partial charge in [-0.1, -0.05) is 0 Å². The summed E-state index contributed by atoms with van der Waals surface area (Å²) in [5, 5.41) is 3.16. The Morgan fingerprint density at radius 1 is 1.79 bits per heavy atom. The maximum atomic E-state index is 5.43. The van der Waals surface area contributed by atoms with Gasteiger partial charge in [0.05, 0.1) is 10.7 Å². The highest BCUT2D eigenvalue weighted by molar-refractivity contribution is 7.09. The molecule has 1 atom stereocenters. The molecule has 0 radical (unpaired) electrons. The molecule has 14 heavy (non-hydrogen) atoms. The molecule has 4 heteroatoms. The lowest BCUT2D eigenvalue weighted by molar-refractivity contribution is 0.494. The maximum Gasteiger partial charge on any atom is 0.0897 e. The fourth-order valence-corrected chi connectivity index (χ4v) is 1.88. The summed E-state index contributed by atoms with van der Waals surface area (Å²) in [4.78, 5) is 4.38. The molecule has 3 nitrogen and oxygen atoms in total. The highest BCUT2D eigenvalue weighted by atomic mass is 32.1. The molecule has 0 bridgehead atoms. The predicted octanol–water partition coefficient (Wildman–Crippen LogP) is 1.24. The minimum atomic E-state index is 0.229. The van der Waals surface area contributed by atoms with Crippen molar-refractivity contribution >= 4 is 11.3 Å². The third-order valence-corrected chi connectivity index (χ3v) is 2.82. The molecule has 0 spiro atoms. The van der Waals surface area contributed by atoms with Gasteiger partial charge in [-0.05, 0) is 13.3 Å². The lowest BCUT2D eigenvalue weighted by Gasteiger charge is -2.12. The van der Waals surface area contributed by atoms with E-state index in [-0.39, 0.29) is 6.04 Å². The summed E-state index contributed by atoms with van der Waals surface area (Å²) in [6.07, 6.45) is 7.69. The van der Waals surface area contributed by atoms with Crippen LogP contribution in [0.15, 0.2) is 5.38 Å². The molecule has 0 aromatic carbocycles. The third kappa shape index (κ3) is 3.46. The van der Waals surface area contributed by atoms with Crippen LogP contribution >= 0.6 is 11.3 Å². The molecule has 0 fully saturated rings. The Kier molecular flexibility index (Phi) is 4.60. The van der Waals surface area contributed by atoms with E-state index in [1.165, 1.54) is 0 Å². The van der Waals surface area contributed by atoms with Crippen molar-refractivity contribution in [2.75, 3.05) is 0 Å². The van der Waals surface area contributed by atoms with E-state index in [1.54, 1.807) is 11.3 Å². The number of aryl methyl sites for hydroxylation is 1. The fraction of sp³-hybridized carbons (Fsp3) is 0.500. The first-order chi connectivity index (χ1) is 6.76. The number of rotatable bonds is 5. The monoisotopic (exact) mass is 209 g/mol. The average molecular weight is 209 g/mol. The van der Waals surface area contributed by atoms with Crippen molar-refractivity contribution in [3.63, 3.8) is 0 Å². The average Bonchev–Trinajstić information content (AvgIpc) is 2.58. The van der Waals surface area contributed by atoms with Gasteiger partial charge in [0.25, 0.3) is 0 Å². The van der Waals surface area contributed by atoms with Gasteiger partial charge in [-0.25, -0.2) is 4.98 Å². The van der Waals surface area contributed by atoms with Crippen LogP contribution in [0.1, 0.15) is 23.5 Å². The topological polar surface area (TPSA) is 50.9 Å². The molecular formula is C10H15N3S. The second-order valence-corrected chi connectivity index (χ2v) is 4.23. The number of nitrogens with zero attached hydrogens (tertiary/aromatic N) is 1. The zero-order valence-corrected chi connectivity index (χ0v) is 9.10. The summed E-state index contributed by atoms with van der Waals surface area (Å²) in [6.45, 7) is 2.00. The van der Waals surface area contributed by atoms with Crippen LogP contribution in [-0.2, 0) is 6.42 Å². The van der Waals surface area contributed by atoms with Crippen LogP contribution in [-0.4, -0.2) is 11.0 Å². The lowest BCUT2D eigenvalue weighted by atomic mass is 10.1. The van der Waals surface area contributed by atoms with Crippen molar-refractivity contribution < 1.29 is 0 Å². The van der Waals surface area contributed by atoms with Crippen LogP contribution in [0.3, 0.4) is 0 Å². The molecule has 1 heterocycles. The van der Waals surface area contributed by atoms with Crippen molar-refractivity contribution in [2.45, 2.75) is 32.2 Å².